The number of ether oxygens (including phenoxy) is 1. The van der Waals surface area contributed by atoms with E-state index in [4.69, 9.17) is 10.5 Å². The summed E-state index contributed by atoms with van der Waals surface area (Å²) in [5.41, 5.74) is 5.38. The molecular weight excluding hydrogens is 367 g/mol. The number of nitrogens with zero attached hydrogens (tertiary/aromatic N) is 2. The number of rotatable bonds is 10. The highest BCUT2D eigenvalue weighted by Gasteiger charge is 2.18. The summed E-state index contributed by atoms with van der Waals surface area (Å²) >= 11 is 0. The van der Waals surface area contributed by atoms with Gasteiger partial charge >= 0.3 is 5.69 Å². The Labute approximate surface area is 162 Å². The van der Waals surface area contributed by atoms with Crippen molar-refractivity contribution in [3.05, 3.63) is 56.5 Å². The Hall–Kier alpha value is -2.65. The molecule has 0 aliphatic heterocycles. The summed E-state index contributed by atoms with van der Waals surface area (Å²) < 4.78 is 20.2. The fourth-order valence-corrected chi connectivity index (χ4v) is 2.86. The number of unbranched alkanes of at least 4 members (excludes halogenated alkanes) is 1. The van der Waals surface area contributed by atoms with E-state index in [9.17, 15) is 19.1 Å². The van der Waals surface area contributed by atoms with Crippen LogP contribution in [0.3, 0.4) is 0 Å². The van der Waals surface area contributed by atoms with Crippen LogP contribution in [0, 0.1) is 5.82 Å². The van der Waals surface area contributed by atoms with Gasteiger partial charge in [-0.05, 0) is 12.5 Å². The summed E-state index contributed by atoms with van der Waals surface area (Å²) in [6.45, 7) is 2.41. The van der Waals surface area contributed by atoms with Gasteiger partial charge in [0.05, 0.1) is 19.3 Å². The number of aliphatic hydroxyl groups is 1. The zero-order chi connectivity index (χ0) is 20.7. The molecule has 1 aromatic heterocycles. The summed E-state index contributed by atoms with van der Waals surface area (Å²) in [6, 6.07) is 6.23. The Kier molecular flexibility index (Phi) is 7.77. The van der Waals surface area contributed by atoms with Gasteiger partial charge in [-0.2, -0.15) is 0 Å². The molecule has 1 unspecified atom stereocenters. The second-order valence-electron chi connectivity index (χ2n) is 6.64. The number of hydrogen-bond donors (Lipinski definition) is 3. The first-order chi connectivity index (χ1) is 13.3. The summed E-state index contributed by atoms with van der Waals surface area (Å²) in [7, 11) is 1.59. The van der Waals surface area contributed by atoms with E-state index in [0.29, 0.717) is 12.1 Å². The largest absolute Gasteiger partial charge is 0.389 e. The number of nitrogens with two attached hydrogens (primary N) is 1. The van der Waals surface area contributed by atoms with Crippen LogP contribution in [-0.4, -0.2) is 41.0 Å². The Bertz CT molecular complexity index is 896. The zero-order valence-corrected chi connectivity index (χ0v) is 16.2. The lowest BCUT2D eigenvalue weighted by Crippen LogP contribution is -2.40. The second kappa shape index (κ2) is 10.0. The average molecular weight is 394 g/mol. The highest BCUT2D eigenvalue weighted by Crippen LogP contribution is 2.16. The van der Waals surface area contributed by atoms with Gasteiger partial charge in [-0.1, -0.05) is 31.5 Å². The van der Waals surface area contributed by atoms with Crippen LogP contribution >= 0.6 is 0 Å². The predicted octanol–water partition coefficient (Wildman–Crippen LogP) is 1.07. The molecule has 1 aromatic carbocycles. The highest BCUT2D eigenvalue weighted by atomic mass is 19.1. The van der Waals surface area contributed by atoms with Crippen molar-refractivity contribution in [3.63, 3.8) is 0 Å². The molecule has 9 heteroatoms. The summed E-state index contributed by atoms with van der Waals surface area (Å²) in [6.07, 6.45) is 0.673. The minimum Gasteiger partial charge on any atom is -0.389 e. The van der Waals surface area contributed by atoms with Crippen LogP contribution in [0.4, 0.5) is 15.9 Å². The molecule has 0 spiro atoms. The maximum atomic E-state index is 13.6. The van der Waals surface area contributed by atoms with E-state index >= 15 is 0 Å². The molecule has 1 heterocycles. The van der Waals surface area contributed by atoms with Gasteiger partial charge in [-0.15, -0.1) is 0 Å². The standard InChI is InChI=1S/C19H27FN4O4/c1-3-4-9-24-17(21)16(18(26)22-19(24)27)23(2)10-14(25)12-28-11-13-7-5-6-8-15(13)20/h5-8,14,25H,3-4,9-12,21H2,1-2H3,(H,22,26,27). The second-order valence-corrected chi connectivity index (χ2v) is 6.64. The van der Waals surface area contributed by atoms with Gasteiger partial charge in [0.1, 0.15) is 17.3 Å². The third-order valence-corrected chi connectivity index (χ3v) is 4.34. The molecule has 4 N–H and O–H groups in total. The van der Waals surface area contributed by atoms with Crippen LogP contribution in [0.25, 0.3) is 0 Å². The number of aromatic nitrogens is 2. The number of hydrogen-bond acceptors (Lipinski definition) is 6. The van der Waals surface area contributed by atoms with E-state index in [-0.39, 0.29) is 37.1 Å². The number of halogens is 1. The Morgan fingerprint density at radius 3 is 2.75 bits per heavy atom. The molecule has 0 bridgehead atoms. The summed E-state index contributed by atoms with van der Waals surface area (Å²) in [5.74, 6) is -0.313. The number of H-pyrrole nitrogens is 1. The Morgan fingerprint density at radius 2 is 2.07 bits per heavy atom. The first-order valence-corrected chi connectivity index (χ1v) is 9.18. The zero-order valence-electron chi connectivity index (χ0n) is 16.2. The van der Waals surface area contributed by atoms with E-state index < -0.39 is 17.4 Å². The number of benzene rings is 1. The van der Waals surface area contributed by atoms with Gasteiger partial charge in [-0.25, -0.2) is 9.18 Å². The number of anilines is 2. The van der Waals surface area contributed by atoms with Crippen molar-refractivity contribution in [3.8, 4) is 0 Å². The molecular formula is C19H27FN4O4. The van der Waals surface area contributed by atoms with Gasteiger partial charge in [-0.3, -0.25) is 14.3 Å². The molecule has 0 fully saturated rings. The van der Waals surface area contributed by atoms with Gasteiger partial charge in [0.15, 0.2) is 0 Å². The molecule has 1 atom stereocenters. The number of nitrogens with one attached hydrogen (secondary N) is 1. The Balaban J connectivity index is 2.01. The van der Waals surface area contributed by atoms with E-state index in [2.05, 4.69) is 4.98 Å². The van der Waals surface area contributed by atoms with E-state index in [1.54, 1.807) is 25.2 Å². The van der Waals surface area contributed by atoms with Crippen molar-refractivity contribution in [2.45, 2.75) is 39.0 Å². The summed E-state index contributed by atoms with van der Waals surface area (Å²) in [4.78, 5) is 27.9. The van der Waals surface area contributed by atoms with Crippen LogP contribution in [0.2, 0.25) is 0 Å². The number of likely N-dealkylation sites (N-methyl/N-ethyl adjacent to an activating group) is 1. The maximum Gasteiger partial charge on any atom is 0.330 e. The molecule has 8 nitrogen and oxygen atoms in total. The quantitative estimate of drug-likeness (QED) is 0.556. The number of aromatic amines is 1. The fourth-order valence-electron chi connectivity index (χ4n) is 2.86. The molecule has 0 aliphatic rings. The monoisotopic (exact) mass is 394 g/mol. The van der Waals surface area contributed by atoms with Crippen LogP contribution in [0.15, 0.2) is 33.9 Å². The third kappa shape index (κ3) is 5.43. The summed E-state index contributed by atoms with van der Waals surface area (Å²) in [5, 5.41) is 10.2. The van der Waals surface area contributed by atoms with Crippen molar-refractivity contribution in [2.24, 2.45) is 0 Å². The van der Waals surface area contributed by atoms with E-state index in [1.807, 2.05) is 6.92 Å². The normalized spacial score (nSPS) is 12.1. The van der Waals surface area contributed by atoms with Crippen molar-refractivity contribution in [1.29, 1.82) is 0 Å². The van der Waals surface area contributed by atoms with Gasteiger partial charge in [0, 0.05) is 25.7 Å². The first-order valence-electron chi connectivity index (χ1n) is 9.18. The minimum atomic E-state index is -0.938. The third-order valence-electron chi connectivity index (χ3n) is 4.34. The van der Waals surface area contributed by atoms with Crippen LogP contribution < -0.4 is 21.9 Å². The SMILES string of the molecule is CCCCn1c(N)c(N(C)CC(O)COCc2ccccc2F)c(=O)[nH]c1=O. The fraction of sp³-hybridized carbons (Fsp3) is 0.474. The maximum absolute atomic E-state index is 13.6. The van der Waals surface area contributed by atoms with Crippen molar-refractivity contribution >= 4 is 11.5 Å². The number of nitrogen functional groups attached to an aromatic ring is 1. The molecule has 0 aliphatic carbocycles. The average Bonchev–Trinajstić information content (AvgIpc) is 2.62. The lowest BCUT2D eigenvalue weighted by molar-refractivity contribution is 0.0314. The van der Waals surface area contributed by atoms with E-state index in [0.717, 1.165) is 12.8 Å². The predicted molar refractivity (Wildman–Crippen MR) is 106 cm³/mol. The molecule has 0 saturated carbocycles. The molecule has 154 valence electrons. The molecule has 0 radical (unpaired) electrons. The lowest BCUT2D eigenvalue weighted by atomic mass is 10.2. The van der Waals surface area contributed by atoms with Gasteiger partial charge < -0.3 is 20.5 Å². The van der Waals surface area contributed by atoms with Crippen LogP contribution in [0.5, 0.6) is 0 Å². The first kappa shape index (κ1) is 21.6. The van der Waals surface area contributed by atoms with E-state index in [1.165, 1.54) is 15.5 Å². The molecule has 2 aromatic rings. The van der Waals surface area contributed by atoms with Gasteiger partial charge in [0.2, 0.25) is 0 Å². The van der Waals surface area contributed by atoms with Crippen molar-refractivity contribution in [1.82, 2.24) is 9.55 Å². The topological polar surface area (TPSA) is 114 Å². The highest BCUT2D eigenvalue weighted by molar-refractivity contribution is 5.62. The Morgan fingerprint density at radius 1 is 1.36 bits per heavy atom. The van der Waals surface area contributed by atoms with Crippen molar-refractivity contribution < 1.29 is 14.2 Å². The number of aliphatic hydroxyl groups excluding tert-OH is 1. The lowest BCUT2D eigenvalue weighted by Gasteiger charge is -2.24. The van der Waals surface area contributed by atoms with Gasteiger partial charge in [0.25, 0.3) is 5.56 Å². The van der Waals surface area contributed by atoms with Crippen LogP contribution in [-0.2, 0) is 17.9 Å². The molecule has 28 heavy (non-hydrogen) atoms. The minimum absolute atomic E-state index is 0.0259. The molecule has 0 amide bonds. The van der Waals surface area contributed by atoms with Crippen molar-refractivity contribution in [2.75, 3.05) is 30.8 Å². The smallest absolute Gasteiger partial charge is 0.330 e. The van der Waals surface area contributed by atoms with Crippen LogP contribution in [0.1, 0.15) is 25.3 Å². The molecule has 0 saturated heterocycles. The molecule has 2 rings (SSSR count).